The first-order valence-corrected chi connectivity index (χ1v) is 15.1. The summed E-state index contributed by atoms with van der Waals surface area (Å²) in [5.41, 5.74) is -1.21. The van der Waals surface area contributed by atoms with E-state index in [2.05, 4.69) is 31.0 Å². The Bertz CT molecular complexity index is 1520. The molecule has 2 unspecified atom stereocenters. The molecule has 2 aromatic carbocycles. The van der Waals surface area contributed by atoms with Gasteiger partial charge in [-0.05, 0) is 42.5 Å². The second-order valence-electron chi connectivity index (χ2n) is 10.3. The molecule has 0 aliphatic heterocycles. The Hall–Kier alpha value is -3.92. The molecule has 1 aliphatic rings. The van der Waals surface area contributed by atoms with Crippen molar-refractivity contribution >= 4 is 44.8 Å². The minimum absolute atomic E-state index is 0.0308. The Balaban J connectivity index is 1.15. The quantitative estimate of drug-likeness (QED) is 0.194. The second kappa shape index (κ2) is 13.0. The van der Waals surface area contributed by atoms with E-state index >= 15 is 0 Å². The van der Waals surface area contributed by atoms with E-state index in [-0.39, 0.29) is 46.1 Å². The van der Waals surface area contributed by atoms with Crippen LogP contribution in [0.1, 0.15) is 69.8 Å². The van der Waals surface area contributed by atoms with Gasteiger partial charge in [0.2, 0.25) is 22.1 Å². The van der Waals surface area contributed by atoms with Crippen LogP contribution in [-0.4, -0.2) is 32.2 Å². The minimum Gasteiger partial charge on any atom is -0.300 e. The molecule has 2 amide bonds. The lowest BCUT2D eigenvalue weighted by Gasteiger charge is -2.25. The summed E-state index contributed by atoms with van der Waals surface area (Å²) in [6, 6.07) is 9.17. The first-order chi connectivity index (χ1) is 20.8. The molecule has 0 saturated heterocycles. The summed E-state index contributed by atoms with van der Waals surface area (Å²) in [5, 5.41) is 23.7. The number of nitrogens with zero attached hydrogens (tertiary/aromatic N) is 4. The van der Waals surface area contributed by atoms with Crippen LogP contribution in [-0.2, 0) is 34.8 Å². The van der Waals surface area contributed by atoms with E-state index in [4.69, 9.17) is 0 Å². The van der Waals surface area contributed by atoms with Gasteiger partial charge in [-0.1, -0.05) is 65.5 Å². The Morgan fingerprint density at radius 2 is 1.14 bits per heavy atom. The zero-order chi connectivity index (χ0) is 31.5. The van der Waals surface area contributed by atoms with Gasteiger partial charge in [-0.3, -0.25) is 9.59 Å². The predicted octanol–water partition coefficient (Wildman–Crippen LogP) is 7.23. The van der Waals surface area contributed by atoms with Crippen molar-refractivity contribution in [2.75, 3.05) is 10.6 Å². The van der Waals surface area contributed by atoms with Crippen LogP contribution in [0.3, 0.4) is 0 Å². The molecule has 1 saturated carbocycles. The van der Waals surface area contributed by atoms with Crippen molar-refractivity contribution in [1.29, 1.82) is 0 Å². The summed E-state index contributed by atoms with van der Waals surface area (Å²) in [6.45, 7) is 0. The van der Waals surface area contributed by atoms with Crippen LogP contribution in [0.4, 0.5) is 36.6 Å². The second-order valence-corrected chi connectivity index (χ2v) is 12.3. The fraction of sp³-hybridized carbons (Fsp3) is 0.357. The molecule has 2 aromatic heterocycles. The molecule has 4 aromatic rings. The molecule has 8 nitrogen and oxygen atoms in total. The Kier molecular flexibility index (Phi) is 9.29. The van der Waals surface area contributed by atoms with Crippen molar-refractivity contribution in [2.24, 2.45) is 0 Å². The minimum atomic E-state index is -4.50. The smallest absolute Gasteiger partial charge is 0.300 e. The molecule has 0 radical (unpaired) electrons. The molecule has 1 fully saturated rings. The lowest BCUT2D eigenvalue weighted by Crippen LogP contribution is -2.15. The molecule has 44 heavy (non-hydrogen) atoms. The zero-order valence-corrected chi connectivity index (χ0v) is 24.3. The third-order valence-corrected chi connectivity index (χ3v) is 8.99. The largest absolute Gasteiger partial charge is 0.416 e. The maximum Gasteiger partial charge on any atom is 0.416 e. The van der Waals surface area contributed by atoms with Gasteiger partial charge in [0.1, 0.15) is 10.0 Å². The lowest BCUT2D eigenvalue weighted by atomic mass is 9.82. The fourth-order valence-corrected chi connectivity index (χ4v) is 6.77. The first kappa shape index (κ1) is 31.5. The number of amides is 2. The number of carbonyl (C=O) groups is 2. The Morgan fingerprint density at radius 1 is 0.705 bits per heavy atom. The number of benzene rings is 2. The molecule has 2 heterocycles. The number of halogens is 6. The van der Waals surface area contributed by atoms with Gasteiger partial charge in [0.15, 0.2) is 0 Å². The van der Waals surface area contributed by atoms with E-state index in [9.17, 15) is 35.9 Å². The summed E-state index contributed by atoms with van der Waals surface area (Å²) in [5.74, 6) is -0.957. The van der Waals surface area contributed by atoms with E-state index in [1.807, 2.05) is 0 Å². The molecule has 2 N–H and O–H groups in total. The van der Waals surface area contributed by atoms with Crippen molar-refractivity contribution in [3.8, 4) is 0 Å². The van der Waals surface area contributed by atoms with Gasteiger partial charge < -0.3 is 10.6 Å². The number of anilines is 2. The number of rotatable bonds is 8. The summed E-state index contributed by atoms with van der Waals surface area (Å²) < 4.78 is 77.8. The molecule has 2 atom stereocenters. The first-order valence-electron chi connectivity index (χ1n) is 13.4. The van der Waals surface area contributed by atoms with E-state index in [1.54, 1.807) is 0 Å². The third-order valence-electron chi connectivity index (χ3n) is 6.98. The lowest BCUT2D eigenvalue weighted by molar-refractivity contribution is -0.138. The van der Waals surface area contributed by atoms with Crippen LogP contribution in [0.2, 0.25) is 0 Å². The topological polar surface area (TPSA) is 110 Å². The van der Waals surface area contributed by atoms with E-state index < -0.39 is 35.3 Å². The molecule has 5 rings (SSSR count). The molecule has 16 heteroatoms. The van der Waals surface area contributed by atoms with Gasteiger partial charge in [0, 0.05) is 11.8 Å². The monoisotopic (exact) mass is 654 g/mol. The van der Waals surface area contributed by atoms with Crippen molar-refractivity contribution in [3.63, 3.8) is 0 Å². The Labute approximate surface area is 254 Å². The highest BCUT2D eigenvalue weighted by Gasteiger charge is 2.32. The van der Waals surface area contributed by atoms with Crippen LogP contribution >= 0.6 is 22.7 Å². The van der Waals surface area contributed by atoms with Gasteiger partial charge in [-0.25, -0.2) is 0 Å². The van der Waals surface area contributed by atoms with Gasteiger partial charge in [0.25, 0.3) is 0 Å². The summed E-state index contributed by atoms with van der Waals surface area (Å²) >= 11 is 2.41. The number of aromatic nitrogens is 4. The van der Waals surface area contributed by atoms with E-state index in [1.165, 1.54) is 46.9 Å². The van der Waals surface area contributed by atoms with Gasteiger partial charge in [-0.15, -0.1) is 20.4 Å². The average Bonchev–Trinajstić information content (AvgIpc) is 3.62. The number of hydrogen-bond acceptors (Lipinski definition) is 8. The fourth-order valence-electron chi connectivity index (χ4n) is 4.95. The highest BCUT2D eigenvalue weighted by molar-refractivity contribution is 7.15. The van der Waals surface area contributed by atoms with Crippen molar-refractivity contribution in [2.45, 2.75) is 62.7 Å². The van der Waals surface area contributed by atoms with Crippen LogP contribution in [0.15, 0.2) is 48.5 Å². The predicted molar refractivity (Wildman–Crippen MR) is 151 cm³/mol. The summed E-state index contributed by atoms with van der Waals surface area (Å²) in [4.78, 5) is 24.9. The highest BCUT2D eigenvalue weighted by Crippen LogP contribution is 2.43. The van der Waals surface area contributed by atoms with Crippen molar-refractivity contribution in [3.05, 3.63) is 80.8 Å². The molecule has 0 spiro atoms. The normalized spacial score (nSPS) is 17.3. The Morgan fingerprint density at radius 3 is 1.55 bits per heavy atom. The highest BCUT2D eigenvalue weighted by atomic mass is 32.1. The standard InChI is InChI=1S/C28H24F6N6O2S2/c29-27(30,31)19-8-1-4-15(10-19)12-21(41)35-25-39-37-23(43-25)17-6-3-7-18(14-17)24-38-40-26(44-24)36-22(42)13-16-5-2-9-20(11-16)28(32,33)34/h1-2,4-5,8-11,17-18H,3,6-7,12-14H2,(H,35,39,41)(H,36,40,42). The van der Waals surface area contributed by atoms with Crippen molar-refractivity contribution in [1.82, 2.24) is 20.4 Å². The molecule has 1 aliphatic carbocycles. The van der Waals surface area contributed by atoms with E-state index in [0.717, 1.165) is 43.5 Å². The zero-order valence-electron chi connectivity index (χ0n) is 22.7. The molecule has 232 valence electrons. The maximum absolute atomic E-state index is 13.0. The third kappa shape index (κ3) is 8.16. The molecular weight excluding hydrogens is 630 g/mol. The van der Waals surface area contributed by atoms with Crippen LogP contribution in [0.5, 0.6) is 0 Å². The van der Waals surface area contributed by atoms with Crippen LogP contribution < -0.4 is 10.6 Å². The molecule has 0 bridgehead atoms. The van der Waals surface area contributed by atoms with Gasteiger partial charge >= 0.3 is 12.4 Å². The number of nitrogens with one attached hydrogen (secondary N) is 2. The van der Waals surface area contributed by atoms with Gasteiger partial charge in [-0.2, -0.15) is 26.3 Å². The average molecular weight is 655 g/mol. The SMILES string of the molecule is O=C(Cc1cccc(C(F)(F)F)c1)Nc1nnc(C2CCCC(c3nnc(NC(=O)Cc4cccc(C(F)(F)F)c4)s3)C2)s1. The van der Waals surface area contributed by atoms with Crippen LogP contribution in [0, 0.1) is 0 Å². The number of carbonyl (C=O) groups excluding carboxylic acids is 2. The summed E-state index contributed by atoms with van der Waals surface area (Å²) in [6.07, 6.45) is -6.29. The summed E-state index contributed by atoms with van der Waals surface area (Å²) in [7, 11) is 0. The van der Waals surface area contributed by atoms with Crippen LogP contribution in [0.25, 0.3) is 0 Å². The number of alkyl halides is 6. The number of hydrogen-bond donors (Lipinski definition) is 2. The van der Waals surface area contributed by atoms with Crippen molar-refractivity contribution < 1.29 is 35.9 Å². The van der Waals surface area contributed by atoms with Gasteiger partial charge in [0.05, 0.1) is 24.0 Å². The maximum atomic E-state index is 13.0. The molecular formula is C28H24F6N6O2S2. The van der Waals surface area contributed by atoms with E-state index in [0.29, 0.717) is 16.4 Å².